The molecule has 3 unspecified atom stereocenters. The van der Waals surface area contributed by atoms with Crippen molar-refractivity contribution in [1.82, 2.24) is 4.98 Å². The second-order valence-electron chi connectivity index (χ2n) is 4.43. The molecule has 0 aliphatic heterocycles. The van der Waals surface area contributed by atoms with E-state index in [0.29, 0.717) is 12.1 Å². The van der Waals surface area contributed by atoms with E-state index in [-0.39, 0.29) is 12.0 Å². The van der Waals surface area contributed by atoms with Gasteiger partial charge in [-0.3, -0.25) is 4.98 Å². The zero-order valence-corrected chi connectivity index (χ0v) is 10.0. The van der Waals surface area contributed by atoms with Crippen molar-refractivity contribution < 1.29 is 5.11 Å². The maximum Gasteiger partial charge on any atom is 0.0801 e. The summed E-state index contributed by atoms with van der Waals surface area (Å²) in [5.74, 6) is -0.132. The van der Waals surface area contributed by atoms with Crippen LogP contribution in [0.1, 0.15) is 12.0 Å². The molecule has 18 heavy (non-hydrogen) atoms. The Hall–Kier alpha value is -1.78. The van der Waals surface area contributed by atoms with Gasteiger partial charge in [-0.05, 0) is 6.07 Å². The Labute approximate surface area is 106 Å². The van der Waals surface area contributed by atoms with Gasteiger partial charge in [-0.25, -0.2) is 0 Å². The summed E-state index contributed by atoms with van der Waals surface area (Å²) in [4.78, 5) is 3.98. The second-order valence-corrected chi connectivity index (χ2v) is 4.43. The highest BCUT2D eigenvalue weighted by molar-refractivity contribution is 5.98. The molecule has 4 heteroatoms. The summed E-state index contributed by atoms with van der Waals surface area (Å²) >= 11 is 0. The van der Waals surface area contributed by atoms with Crippen molar-refractivity contribution in [3.8, 4) is 0 Å². The third kappa shape index (κ3) is 2.91. The summed E-state index contributed by atoms with van der Waals surface area (Å²) < 4.78 is 0. The lowest BCUT2D eigenvalue weighted by molar-refractivity contribution is 0.161. The molecule has 1 aromatic heterocycles. The molecule has 0 radical (unpaired) electrons. The average Bonchev–Trinajstić information content (AvgIpc) is 2.40. The first-order chi connectivity index (χ1) is 8.68. The number of nitrogens with two attached hydrogens (primary N) is 1. The maximum atomic E-state index is 9.82. The van der Waals surface area contributed by atoms with E-state index >= 15 is 0 Å². The van der Waals surface area contributed by atoms with E-state index < -0.39 is 6.10 Å². The molecule has 0 aromatic carbocycles. The number of rotatable bonds is 4. The Bertz CT molecular complexity index is 467. The first-order valence-corrected chi connectivity index (χ1v) is 5.95. The Morgan fingerprint density at radius 3 is 2.89 bits per heavy atom. The van der Waals surface area contributed by atoms with Gasteiger partial charge in [-0.2, -0.15) is 0 Å². The van der Waals surface area contributed by atoms with Gasteiger partial charge in [0.25, 0.3) is 0 Å². The number of allylic oxidation sites excluding steroid dienone is 2. The first-order valence-electron chi connectivity index (χ1n) is 5.95. The average molecular weight is 243 g/mol. The van der Waals surface area contributed by atoms with Gasteiger partial charge in [-0.15, -0.1) is 0 Å². The van der Waals surface area contributed by atoms with Crippen LogP contribution >= 0.6 is 0 Å². The van der Waals surface area contributed by atoms with E-state index in [1.165, 1.54) is 0 Å². The topological polar surface area (TPSA) is 83.0 Å². The Kier molecular flexibility index (Phi) is 4.02. The first kappa shape index (κ1) is 12.7. The molecule has 0 saturated heterocycles. The molecular weight excluding hydrogens is 226 g/mol. The van der Waals surface area contributed by atoms with Crippen LogP contribution < -0.4 is 5.73 Å². The molecule has 0 saturated carbocycles. The van der Waals surface area contributed by atoms with Gasteiger partial charge in [0.05, 0.1) is 6.10 Å². The molecule has 1 heterocycles. The third-order valence-corrected chi connectivity index (χ3v) is 3.09. The van der Waals surface area contributed by atoms with Crippen LogP contribution in [-0.2, 0) is 0 Å². The number of aromatic nitrogens is 1. The summed E-state index contributed by atoms with van der Waals surface area (Å²) in [7, 11) is 0. The predicted octanol–water partition coefficient (Wildman–Crippen LogP) is 1.27. The van der Waals surface area contributed by atoms with Crippen molar-refractivity contribution >= 4 is 5.71 Å². The van der Waals surface area contributed by atoms with Gasteiger partial charge in [0.2, 0.25) is 0 Å². The van der Waals surface area contributed by atoms with Crippen LogP contribution in [0.25, 0.3) is 0 Å². The summed E-state index contributed by atoms with van der Waals surface area (Å²) in [6.07, 6.45) is 10.5. The van der Waals surface area contributed by atoms with Crippen LogP contribution in [0.3, 0.4) is 0 Å². The number of hydrogen-bond acceptors (Lipinski definition) is 4. The monoisotopic (exact) mass is 243 g/mol. The number of nitrogens with zero attached hydrogens (tertiary/aromatic N) is 1. The predicted molar refractivity (Wildman–Crippen MR) is 71.4 cm³/mol. The fraction of sp³-hybridized carbons (Fsp3) is 0.286. The molecule has 0 amide bonds. The van der Waals surface area contributed by atoms with E-state index in [4.69, 9.17) is 11.1 Å². The van der Waals surface area contributed by atoms with Crippen molar-refractivity contribution in [3.05, 3.63) is 54.4 Å². The molecule has 94 valence electrons. The Balaban J connectivity index is 1.99. The number of pyridine rings is 1. The fourth-order valence-corrected chi connectivity index (χ4v) is 2.04. The number of aliphatic hydroxyl groups is 1. The summed E-state index contributed by atoms with van der Waals surface area (Å²) in [5, 5.41) is 17.8. The third-order valence-electron chi connectivity index (χ3n) is 3.09. The zero-order chi connectivity index (χ0) is 13.0. The minimum absolute atomic E-state index is 0.132. The molecule has 1 aromatic rings. The zero-order valence-electron chi connectivity index (χ0n) is 10.0. The number of hydrogen-bond donors (Lipinski definition) is 3. The quantitative estimate of drug-likeness (QED) is 0.696. The second kappa shape index (κ2) is 5.71. The molecular formula is C14H17N3O. The van der Waals surface area contributed by atoms with E-state index in [1.54, 1.807) is 30.6 Å². The van der Waals surface area contributed by atoms with Gasteiger partial charge < -0.3 is 16.2 Å². The largest absolute Gasteiger partial charge is 0.388 e. The van der Waals surface area contributed by atoms with Crippen LogP contribution in [0.5, 0.6) is 0 Å². The van der Waals surface area contributed by atoms with E-state index in [2.05, 4.69) is 4.98 Å². The molecule has 2 rings (SSSR count). The van der Waals surface area contributed by atoms with Gasteiger partial charge >= 0.3 is 0 Å². The maximum absolute atomic E-state index is 9.82. The molecule has 1 aliphatic carbocycles. The fourth-order valence-electron chi connectivity index (χ4n) is 2.04. The van der Waals surface area contributed by atoms with E-state index in [9.17, 15) is 5.11 Å². The molecule has 0 spiro atoms. The normalized spacial score (nSPS) is 23.9. The van der Waals surface area contributed by atoms with Crippen LogP contribution in [-0.4, -0.2) is 27.9 Å². The van der Waals surface area contributed by atoms with Crippen LogP contribution in [0, 0.1) is 11.3 Å². The molecule has 1 aliphatic rings. The SMILES string of the molecule is N=C(CC(N)C1C=CC=CC1O)c1cccnc1. The minimum atomic E-state index is -0.563. The van der Waals surface area contributed by atoms with Crippen LogP contribution in [0.4, 0.5) is 0 Å². The minimum Gasteiger partial charge on any atom is -0.388 e. The van der Waals surface area contributed by atoms with Crippen molar-refractivity contribution in [3.63, 3.8) is 0 Å². The van der Waals surface area contributed by atoms with Crippen molar-refractivity contribution in [2.45, 2.75) is 18.6 Å². The number of nitrogens with one attached hydrogen (secondary N) is 1. The standard InChI is InChI=1S/C14H17N3O/c15-12(10-4-3-7-17-9-10)8-13(16)11-5-1-2-6-14(11)18/h1-7,9,11,13-15,18H,8,16H2. The van der Waals surface area contributed by atoms with Crippen LogP contribution in [0.15, 0.2) is 48.8 Å². The highest BCUT2D eigenvalue weighted by Crippen LogP contribution is 2.18. The highest BCUT2D eigenvalue weighted by atomic mass is 16.3. The van der Waals surface area contributed by atoms with E-state index in [1.807, 2.05) is 18.2 Å². The van der Waals surface area contributed by atoms with Gasteiger partial charge in [-0.1, -0.05) is 30.4 Å². The molecule has 4 N–H and O–H groups in total. The van der Waals surface area contributed by atoms with Crippen molar-refractivity contribution in [1.29, 1.82) is 5.41 Å². The Morgan fingerprint density at radius 1 is 1.44 bits per heavy atom. The van der Waals surface area contributed by atoms with E-state index in [0.717, 1.165) is 5.56 Å². The number of aliphatic hydroxyl groups excluding tert-OH is 1. The highest BCUT2D eigenvalue weighted by Gasteiger charge is 2.24. The lowest BCUT2D eigenvalue weighted by Gasteiger charge is -2.25. The lowest BCUT2D eigenvalue weighted by atomic mass is 9.87. The Morgan fingerprint density at radius 2 is 2.22 bits per heavy atom. The lowest BCUT2D eigenvalue weighted by Crippen LogP contribution is -2.38. The summed E-state index contributed by atoms with van der Waals surface area (Å²) in [6, 6.07) is 3.37. The van der Waals surface area contributed by atoms with Crippen molar-refractivity contribution in [2.75, 3.05) is 0 Å². The summed E-state index contributed by atoms with van der Waals surface area (Å²) in [5.41, 5.74) is 7.30. The molecule has 3 atom stereocenters. The molecule has 0 fully saturated rings. The van der Waals surface area contributed by atoms with Gasteiger partial charge in [0.1, 0.15) is 0 Å². The molecule has 4 nitrogen and oxygen atoms in total. The van der Waals surface area contributed by atoms with Gasteiger partial charge in [0, 0.05) is 42.0 Å². The smallest absolute Gasteiger partial charge is 0.0801 e. The van der Waals surface area contributed by atoms with Crippen molar-refractivity contribution in [2.24, 2.45) is 11.7 Å². The van der Waals surface area contributed by atoms with Gasteiger partial charge in [0.15, 0.2) is 0 Å². The summed E-state index contributed by atoms with van der Waals surface area (Å²) in [6.45, 7) is 0. The molecule has 0 bridgehead atoms. The van der Waals surface area contributed by atoms with Crippen LogP contribution in [0.2, 0.25) is 0 Å².